The van der Waals surface area contributed by atoms with Gasteiger partial charge in [0.1, 0.15) is 28.2 Å². The van der Waals surface area contributed by atoms with Crippen molar-refractivity contribution < 1.29 is 19.7 Å². The summed E-state index contributed by atoms with van der Waals surface area (Å²) in [6.07, 6.45) is 7.02. The average molecular weight is 315 g/mol. The molecule has 7 heteroatoms. The van der Waals surface area contributed by atoms with E-state index < -0.39 is 16.9 Å². The van der Waals surface area contributed by atoms with Crippen LogP contribution in [0.3, 0.4) is 0 Å². The standard InChI is InChI=1S/C16H13NO6/c1-2-4-10(18)5-3-6-12-15(20)16(21)14-11(19)7-9(17-22)8-13(14)23-12/h2-8,18-20H,1H3/b4-2-,6-3+,10-5+. The Hall–Kier alpha value is -3.35. The number of phenolic OH excluding ortho intramolecular Hbond substituents is 1. The minimum absolute atomic E-state index is 0.0311. The van der Waals surface area contributed by atoms with Crippen LogP contribution in [-0.4, -0.2) is 15.3 Å². The molecule has 1 aromatic heterocycles. The van der Waals surface area contributed by atoms with Gasteiger partial charge >= 0.3 is 0 Å². The van der Waals surface area contributed by atoms with Gasteiger partial charge in [-0.1, -0.05) is 12.2 Å². The molecule has 0 amide bonds. The summed E-state index contributed by atoms with van der Waals surface area (Å²) in [5.74, 6) is -1.43. The van der Waals surface area contributed by atoms with Crippen LogP contribution in [0.1, 0.15) is 12.7 Å². The minimum Gasteiger partial charge on any atom is -0.508 e. The molecule has 0 saturated carbocycles. The second kappa shape index (κ2) is 6.61. The van der Waals surface area contributed by atoms with Crippen LogP contribution < -0.4 is 5.43 Å². The SMILES string of the molecule is C\C=C/C(O)=C\C=C\c1oc2cc(N=O)cc(O)c2c(=O)c1O. The third-order valence-corrected chi connectivity index (χ3v) is 2.92. The first-order valence-corrected chi connectivity index (χ1v) is 6.54. The molecule has 0 unspecified atom stereocenters. The van der Waals surface area contributed by atoms with E-state index in [-0.39, 0.29) is 28.2 Å². The van der Waals surface area contributed by atoms with E-state index in [9.17, 15) is 25.0 Å². The molecule has 0 atom stereocenters. The number of benzene rings is 1. The minimum atomic E-state index is -0.845. The number of fused-ring (bicyclic) bond motifs is 1. The van der Waals surface area contributed by atoms with Gasteiger partial charge in [-0.25, -0.2) is 0 Å². The number of phenols is 1. The lowest BCUT2D eigenvalue weighted by atomic mass is 10.1. The Kier molecular flexibility index (Phi) is 4.61. The van der Waals surface area contributed by atoms with Gasteiger partial charge in [0.25, 0.3) is 0 Å². The first-order valence-electron chi connectivity index (χ1n) is 6.54. The summed E-state index contributed by atoms with van der Waals surface area (Å²) in [4.78, 5) is 22.6. The van der Waals surface area contributed by atoms with Gasteiger partial charge in [-0.15, -0.1) is 4.91 Å². The molecule has 7 nitrogen and oxygen atoms in total. The lowest BCUT2D eigenvalue weighted by Crippen LogP contribution is -2.02. The number of aliphatic hydroxyl groups excluding tert-OH is 1. The van der Waals surface area contributed by atoms with Crippen LogP contribution in [0, 0.1) is 4.91 Å². The van der Waals surface area contributed by atoms with Gasteiger partial charge in [0.15, 0.2) is 5.76 Å². The molecule has 2 aromatic rings. The van der Waals surface area contributed by atoms with Crippen molar-refractivity contribution in [1.29, 1.82) is 0 Å². The second-order valence-corrected chi connectivity index (χ2v) is 4.52. The van der Waals surface area contributed by atoms with Gasteiger partial charge in [0, 0.05) is 12.1 Å². The van der Waals surface area contributed by atoms with E-state index in [2.05, 4.69) is 5.18 Å². The zero-order chi connectivity index (χ0) is 17.0. The third kappa shape index (κ3) is 3.29. The predicted molar refractivity (Wildman–Crippen MR) is 85.8 cm³/mol. The van der Waals surface area contributed by atoms with Crippen LogP contribution in [0.15, 0.2) is 56.6 Å². The Morgan fingerprint density at radius 3 is 2.70 bits per heavy atom. The molecule has 1 aromatic carbocycles. The number of aromatic hydroxyl groups is 2. The highest BCUT2D eigenvalue weighted by Gasteiger charge is 2.16. The number of nitrogens with zero attached hydrogens (tertiary/aromatic N) is 1. The van der Waals surface area contributed by atoms with E-state index in [1.807, 2.05) is 0 Å². The molecule has 118 valence electrons. The Balaban J connectivity index is 2.60. The monoisotopic (exact) mass is 315 g/mol. The number of nitroso groups, excluding NO2 is 1. The van der Waals surface area contributed by atoms with Crippen LogP contribution in [-0.2, 0) is 0 Å². The fourth-order valence-corrected chi connectivity index (χ4v) is 1.92. The maximum atomic E-state index is 12.1. The maximum absolute atomic E-state index is 12.1. The molecule has 0 spiro atoms. The number of aliphatic hydroxyl groups is 1. The van der Waals surface area contributed by atoms with Crippen molar-refractivity contribution in [3.8, 4) is 11.5 Å². The van der Waals surface area contributed by atoms with Crippen LogP contribution in [0.2, 0.25) is 0 Å². The van der Waals surface area contributed by atoms with Crippen molar-refractivity contribution in [2.45, 2.75) is 6.92 Å². The summed E-state index contributed by atoms with van der Waals surface area (Å²) in [5.41, 5.74) is -1.06. The van der Waals surface area contributed by atoms with Crippen molar-refractivity contribution in [1.82, 2.24) is 0 Å². The van der Waals surface area contributed by atoms with Gasteiger partial charge in [-0.2, -0.15) is 0 Å². The normalized spacial score (nSPS) is 12.5. The summed E-state index contributed by atoms with van der Waals surface area (Å²) in [5, 5.41) is 31.4. The van der Waals surface area contributed by atoms with E-state index in [4.69, 9.17) is 4.42 Å². The molecule has 23 heavy (non-hydrogen) atoms. The average Bonchev–Trinajstić information content (AvgIpc) is 2.51. The largest absolute Gasteiger partial charge is 0.508 e. The van der Waals surface area contributed by atoms with Crippen LogP contribution in [0.25, 0.3) is 17.0 Å². The van der Waals surface area contributed by atoms with Crippen LogP contribution in [0.4, 0.5) is 5.69 Å². The van der Waals surface area contributed by atoms with Gasteiger partial charge < -0.3 is 19.7 Å². The van der Waals surface area contributed by atoms with Gasteiger partial charge in [0.2, 0.25) is 11.2 Å². The van der Waals surface area contributed by atoms with Crippen molar-refractivity contribution in [3.63, 3.8) is 0 Å². The van der Waals surface area contributed by atoms with E-state index in [0.717, 1.165) is 6.07 Å². The summed E-state index contributed by atoms with van der Waals surface area (Å²) < 4.78 is 5.31. The van der Waals surface area contributed by atoms with E-state index in [1.165, 1.54) is 30.4 Å². The summed E-state index contributed by atoms with van der Waals surface area (Å²) in [7, 11) is 0. The molecule has 0 aliphatic rings. The van der Waals surface area contributed by atoms with Crippen molar-refractivity contribution in [2.75, 3.05) is 0 Å². The smallest absolute Gasteiger partial charge is 0.238 e. The highest BCUT2D eigenvalue weighted by molar-refractivity contribution is 5.88. The molecular formula is C16H13NO6. The van der Waals surface area contributed by atoms with Crippen molar-refractivity contribution in [2.24, 2.45) is 5.18 Å². The quantitative estimate of drug-likeness (QED) is 0.450. The number of hydrogen-bond donors (Lipinski definition) is 3. The number of hydrogen-bond acceptors (Lipinski definition) is 7. The molecule has 0 bridgehead atoms. The predicted octanol–water partition coefficient (Wildman–Crippen LogP) is 3.63. The van der Waals surface area contributed by atoms with Crippen LogP contribution >= 0.6 is 0 Å². The molecule has 0 saturated heterocycles. The first-order chi connectivity index (χ1) is 11.0. The van der Waals surface area contributed by atoms with Gasteiger partial charge in [-0.3, -0.25) is 4.79 Å². The van der Waals surface area contributed by atoms with Crippen molar-refractivity contribution >= 4 is 22.7 Å². The summed E-state index contributed by atoms with van der Waals surface area (Å²) >= 11 is 0. The molecule has 0 aliphatic carbocycles. The Morgan fingerprint density at radius 2 is 2.04 bits per heavy atom. The number of rotatable bonds is 4. The van der Waals surface area contributed by atoms with Crippen molar-refractivity contribution in [3.05, 3.63) is 63.1 Å². The highest BCUT2D eigenvalue weighted by atomic mass is 16.4. The Morgan fingerprint density at radius 1 is 1.30 bits per heavy atom. The molecule has 0 fully saturated rings. The molecule has 2 rings (SSSR count). The molecule has 0 radical (unpaired) electrons. The van der Waals surface area contributed by atoms with E-state index >= 15 is 0 Å². The lowest BCUT2D eigenvalue weighted by Gasteiger charge is -2.04. The van der Waals surface area contributed by atoms with Gasteiger partial charge in [0.05, 0.1) is 0 Å². The highest BCUT2D eigenvalue weighted by Crippen LogP contribution is 2.31. The first kappa shape index (κ1) is 16.0. The van der Waals surface area contributed by atoms with E-state index in [1.54, 1.807) is 13.0 Å². The molecule has 0 aliphatic heterocycles. The molecule has 3 N–H and O–H groups in total. The Labute approximate surface area is 130 Å². The topological polar surface area (TPSA) is 120 Å². The fourth-order valence-electron chi connectivity index (χ4n) is 1.92. The second-order valence-electron chi connectivity index (χ2n) is 4.52. The maximum Gasteiger partial charge on any atom is 0.238 e. The summed E-state index contributed by atoms with van der Waals surface area (Å²) in [6, 6.07) is 2.17. The fraction of sp³-hybridized carbons (Fsp3) is 0.0625. The number of allylic oxidation sites excluding steroid dienone is 4. The van der Waals surface area contributed by atoms with E-state index in [0.29, 0.717) is 0 Å². The van der Waals surface area contributed by atoms with Gasteiger partial charge in [-0.05, 0) is 30.3 Å². The lowest BCUT2D eigenvalue weighted by molar-refractivity contribution is 0.432. The zero-order valence-corrected chi connectivity index (χ0v) is 12.1. The third-order valence-electron chi connectivity index (χ3n) is 2.92. The summed E-state index contributed by atoms with van der Waals surface area (Å²) in [6.45, 7) is 1.73. The molecular weight excluding hydrogens is 302 g/mol. The Bertz CT molecular complexity index is 905. The van der Waals surface area contributed by atoms with Crippen LogP contribution in [0.5, 0.6) is 11.5 Å². The zero-order valence-electron chi connectivity index (χ0n) is 12.1. The molecule has 1 heterocycles.